The zero-order chi connectivity index (χ0) is 17.5. The Hall–Kier alpha value is -2.66. The Bertz CT molecular complexity index is 824. The predicted molar refractivity (Wildman–Crippen MR) is 99.4 cm³/mol. The molecule has 0 aliphatic carbocycles. The van der Waals surface area contributed by atoms with Gasteiger partial charge in [-0.05, 0) is 41.8 Å². The van der Waals surface area contributed by atoms with Gasteiger partial charge in [0.1, 0.15) is 11.6 Å². The summed E-state index contributed by atoms with van der Waals surface area (Å²) >= 11 is 5.88. The fourth-order valence-electron chi connectivity index (χ4n) is 2.35. The molecule has 3 aromatic rings. The van der Waals surface area contributed by atoms with Crippen LogP contribution in [-0.2, 0) is 13.0 Å². The maximum absolute atomic E-state index is 13.6. The van der Waals surface area contributed by atoms with Crippen molar-refractivity contribution in [3.63, 3.8) is 0 Å². The molecule has 1 heterocycles. The highest BCUT2D eigenvalue weighted by molar-refractivity contribution is 6.30. The van der Waals surface area contributed by atoms with E-state index in [0.29, 0.717) is 36.0 Å². The second-order valence-electron chi connectivity index (χ2n) is 5.51. The van der Waals surface area contributed by atoms with Crippen molar-refractivity contribution < 1.29 is 4.39 Å². The lowest BCUT2D eigenvalue weighted by molar-refractivity contribution is 0.610. The molecule has 2 N–H and O–H groups in total. The number of anilines is 2. The molecule has 0 radical (unpaired) electrons. The molecule has 0 spiro atoms. The van der Waals surface area contributed by atoms with Crippen molar-refractivity contribution in [2.45, 2.75) is 13.0 Å². The van der Waals surface area contributed by atoms with E-state index in [1.54, 1.807) is 24.4 Å². The third-order valence-electron chi connectivity index (χ3n) is 3.68. The molecule has 4 nitrogen and oxygen atoms in total. The second kappa shape index (κ2) is 8.44. The summed E-state index contributed by atoms with van der Waals surface area (Å²) in [6, 6.07) is 16.2. The first-order chi connectivity index (χ1) is 12.2. The molecular weight excluding hydrogens is 339 g/mol. The van der Waals surface area contributed by atoms with E-state index in [0.717, 1.165) is 11.4 Å². The van der Waals surface area contributed by atoms with Crippen LogP contribution in [0.15, 0.2) is 60.8 Å². The van der Waals surface area contributed by atoms with E-state index in [-0.39, 0.29) is 5.82 Å². The lowest BCUT2D eigenvalue weighted by Crippen LogP contribution is -2.10. The molecule has 3 rings (SSSR count). The average Bonchev–Trinajstić information content (AvgIpc) is 2.63. The van der Waals surface area contributed by atoms with Crippen LogP contribution in [0.3, 0.4) is 0 Å². The zero-order valence-electron chi connectivity index (χ0n) is 13.5. The van der Waals surface area contributed by atoms with Crippen LogP contribution >= 0.6 is 11.6 Å². The summed E-state index contributed by atoms with van der Waals surface area (Å²) in [5, 5.41) is 7.08. The van der Waals surface area contributed by atoms with Crippen LogP contribution in [0.2, 0.25) is 5.02 Å². The van der Waals surface area contributed by atoms with Gasteiger partial charge < -0.3 is 10.6 Å². The molecule has 128 valence electrons. The standard InChI is InChI=1S/C19H18ClFN4/c20-16-7-5-14(6-8-16)13-24-18-10-12-23-19(25-18)22-11-9-15-3-1-2-4-17(15)21/h1-8,10,12H,9,11,13H2,(H2,22,23,24,25). The van der Waals surface area contributed by atoms with Gasteiger partial charge in [0, 0.05) is 24.3 Å². The van der Waals surface area contributed by atoms with E-state index in [4.69, 9.17) is 11.6 Å². The molecule has 25 heavy (non-hydrogen) atoms. The van der Waals surface area contributed by atoms with Crippen molar-refractivity contribution in [3.8, 4) is 0 Å². The predicted octanol–water partition coefficient (Wildman–Crippen LogP) is 4.54. The van der Waals surface area contributed by atoms with E-state index >= 15 is 0 Å². The van der Waals surface area contributed by atoms with Gasteiger partial charge in [0.15, 0.2) is 0 Å². The van der Waals surface area contributed by atoms with Crippen LogP contribution in [0.1, 0.15) is 11.1 Å². The van der Waals surface area contributed by atoms with Crippen LogP contribution in [0.4, 0.5) is 16.2 Å². The maximum atomic E-state index is 13.6. The number of nitrogens with one attached hydrogen (secondary N) is 2. The molecule has 0 saturated heterocycles. The van der Waals surface area contributed by atoms with E-state index in [1.165, 1.54) is 6.07 Å². The Morgan fingerprint density at radius 3 is 2.56 bits per heavy atom. The lowest BCUT2D eigenvalue weighted by Gasteiger charge is -2.09. The fraction of sp³-hybridized carbons (Fsp3) is 0.158. The van der Waals surface area contributed by atoms with E-state index in [2.05, 4.69) is 20.6 Å². The number of nitrogens with zero attached hydrogens (tertiary/aromatic N) is 2. The topological polar surface area (TPSA) is 49.8 Å². The van der Waals surface area contributed by atoms with Crippen molar-refractivity contribution in [1.82, 2.24) is 9.97 Å². The number of hydrogen-bond donors (Lipinski definition) is 2. The maximum Gasteiger partial charge on any atom is 0.224 e. The SMILES string of the molecule is Fc1ccccc1CCNc1nccc(NCc2ccc(Cl)cc2)n1. The smallest absolute Gasteiger partial charge is 0.224 e. The van der Waals surface area contributed by atoms with Crippen LogP contribution in [0.5, 0.6) is 0 Å². The van der Waals surface area contributed by atoms with Gasteiger partial charge in [-0.15, -0.1) is 0 Å². The van der Waals surface area contributed by atoms with Crippen LogP contribution in [-0.4, -0.2) is 16.5 Å². The molecule has 0 atom stereocenters. The number of aromatic nitrogens is 2. The van der Waals surface area contributed by atoms with Crippen molar-refractivity contribution in [2.75, 3.05) is 17.2 Å². The molecule has 0 saturated carbocycles. The summed E-state index contributed by atoms with van der Waals surface area (Å²) in [5.74, 6) is 1.04. The summed E-state index contributed by atoms with van der Waals surface area (Å²) in [6.45, 7) is 1.20. The first-order valence-electron chi connectivity index (χ1n) is 7.99. The second-order valence-corrected chi connectivity index (χ2v) is 5.95. The van der Waals surface area contributed by atoms with Gasteiger partial charge in [-0.2, -0.15) is 4.98 Å². The molecule has 2 aromatic carbocycles. The third-order valence-corrected chi connectivity index (χ3v) is 3.93. The van der Waals surface area contributed by atoms with Gasteiger partial charge in [0.2, 0.25) is 5.95 Å². The van der Waals surface area contributed by atoms with E-state index < -0.39 is 0 Å². The highest BCUT2D eigenvalue weighted by atomic mass is 35.5. The average molecular weight is 357 g/mol. The molecule has 0 amide bonds. The van der Waals surface area contributed by atoms with Crippen molar-refractivity contribution in [1.29, 1.82) is 0 Å². The monoisotopic (exact) mass is 356 g/mol. The van der Waals surface area contributed by atoms with Gasteiger partial charge in [-0.1, -0.05) is 41.9 Å². The molecule has 6 heteroatoms. The van der Waals surface area contributed by atoms with Gasteiger partial charge in [-0.3, -0.25) is 0 Å². The molecule has 0 fully saturated rings. The summed E-state index contributed by atoms with van der Waals surface area (Å²) in [5.41, 5.74) is 1.78. The summed E-state index contributed by atoms with van der Waals surface area (Å²) in [6.07, 6.45) is 2.25. The number of rotatable bonds is 7. The Labute approximate surface area is 151 Å². The lowest BCUT2D eigenvalue weighted by atomic mass is 10.1. The van der Waals surface area contributed by atoms with Crippen molar-refractivity contribution in [3.05, 3.63) is 82.8 Å². The first-order valence-corrected chi connectivity index (χ1v) is 8.37. The Balaban J connectivity index is 1.52. The Morgan fingerprint density at radius 2 is 1.76 bits per heavy atom. The zero-order valence-corrected chi connectivity index (χ0v) is 14.3. The number of benzene rings is 2. The van der Waals surface area contributed by atoms with Gasteiger partial charge in [0.05, 0.1) is 0 Å². The van der Waals surface area contributed by atoms with Crippen LogP contribution < -0.4 is 10.6 Å². The minimum Gasteiger partial charge on any atom is -0.366 e. The molecule has 1 aromatic heterocycles. The molecule has 0 aliphatic heterocycles. The third kappa shape index (κ3) is 5.16. The van der Waals surface area contributed by atoms with Crippen LogP contribution in [0.25, 0.3) is 0 Å². The summed E-state index contributed by atoms with van der Waals surface area (Å²) < 4.78 is 13.6. The van der Waals surface area contributed by atoms with Gasteiger partial charge in [-0.25, -0.2) is 9.37 Å². The Kier molecular flexibility index (Phi) is 5.80. The van der Waals surface area contributed by atoms with Crippen molar-refractivity contribution >= 4 is 23.4 Å². The number of hydrogen-bond acceptors (Lipinski definition) is 4. The summed E-state index contributed by atoms with van der Waals surface area (Å²) in [7, 11) is 0. The quantitative estimate of drug-likeness (QED) is 0.652. The van der Waals surface area contributed by atoms with Crippen molar-refractivity contribution in [2.24, 2.45) is 0 Å². The Morgan fingerprint density at radius 1 is 0.960 bits per heavy atom. The summed E-state index contributed by atoms with van der Waals surface area (Å²) in [4.78, 5) is 8.59. The minimum absolute atomic E-state index is 0.191. The molecule has 0 bridgehead atoms. The first kappa shape index (κ1) is 17.2. The molecular formula is C19H18ClFN4. The largest absolute Gasteiger partial charge is 0.366 e. The molecule has 0 unspecified atom stereocenters. The fourth-order valence-corrected chi connectivity index (χ4v) is 2.47. The van der Waals surface area contributed by atoms with Gasteiger partial charge >= 0.3 is 0 Å². The number of halogens is 2. The highest BCUT2D eigenvalue weighted by Crippen LogP contribution is 2.12. The van der Waals surface area contributed by atoms with Gasteiger partial charge in [0.25, 0.3) is 0 Å². The minimum atomic E-state index is -0.191. The molecule has 0 aliphatic rings. The highest BCUT2D eigenvalue weighted by Gasteiger charge is 2.02. The van der Waals surface area contributed by atoms with Crippen LogP contribution in [0, 0.1) is 5.82 Å². The van der Waals surface area contributed by atoms with E-state index in [9.17, 15) is 4.39 Å². The van der Waals surface area contributed by atoms with E-state index in [1.807, 2.05) is 30.3 Å². The normalized spacial score (nSPS) is 10.5.